The van der Waals surface area contributed by atoms with Crippen LogP contribution in [0, 0.1) is 0 Å². The normalized spacial score (nSPS) is 16.3. The Morgan fingerprint density at radius 1 is 0.256 bits per heavy atom. The highest BCUT2D eigenvalue weighted by molar-refractivity contribution is 4.93. The van der Waals surface area contributed by atoms with E-state index < -0.39 is 169 Å². The van der Waals surface area contributed by atoms with Crippen molar-refractivity contribution in [1.29, 1.82) is 0 Å². The Kier molecular flexibility index (Phi) is 27.7. The Labute approximate surface area is 417 Å². The molecule has 0 fully saturated rings. The van der Waals surface area contributed by atoms with Crippen LogP contribution < -0.4 is 0 Å². The second kappa shape index (κ2) is 28.6. The van der Waals surface area contributed by atoms with Gasteiger partial charge in [-0.2, -0.15) is 123 Å². The maximum absolute atomic E-state index is 14.0. The van der Waals surface area contributed by atoms with Crippen LogP contribution in [0.15, 0.2) is 0 Å². The fourth-order valence-corrected chi connectivity index (χ4v) is 4.38. The molecule has 0 aromatic carbocycles. The molecule has 2 unspecified atom stereocenters. The molecule has 5 N–H and O–H groups in total. The van der Waals surface area contributed by atoms with Crippen LogP contribution in [-0.2, 0) is 47.4 Å². The second-order valence-corrected chi connectivity index (χ2v) is 15.5. The van der Waals surface area contributed by atoms with Gasteiger partial charge < -0.3 is 54.0 Å². The van der Waals surface area contributed by atoms with Gasteiger partial charge in [0.15, 0.2) is 0 Å². The summed E-state index contributed by atoms with van der Waals surface area (Å²) in [5, 5.41) is 45.6. The molecule has 0 aliphatic rings. The fourth-order valence-electron chi connectivity index (χ4n) is 4.38. The Hall–Kier alpha value is -2.56. The predicted octanol–water partition coefficient (Wildman–Crippen LogP) is 7.33. The van der Waals surface area contributed by atoms with Crippen LogP contribution in [0.25, 0.3) is 0 Å². The van der Waals surface area contributed by atoms with Crippen molar-refractivity contribution in [3.8, 4) is 0 Å². The topological polar surface area (TPSA) is 193 Å². The van der Waals surface area contributed by atoms with Gasteiger partial charge in [0.1, 0.15) is 44.7 Å². The average molecular weight is 1240 g/mol. The van der Waals surface area contributed by atoms with E-state index in [-0.39, 0.29) is 52.1 Å². The van der Waals surface area contributed by atoms with Gasteiger partial charge in [-0.3, -0.25) is 0 Å². The summed E-state index contributed by atoms with van der Waals surface area (Å²) in [6.07, 6.45) is -66.4. The third-order valence-corrected chi connectivity index (χ3v) is 8.58. The van der Waals surface area contributed by atoms with Gasteiger partial charge in [-0.05, 0) is 25.7 Å². The molecule has 0 aromatic heterocycles. The molecule has 78 heavy (non-hydrogen) atoms. The number of halogens is 28. The monoisotopic (exact) mass is 1240 g/mol. The van der Waals surface area contributed by atoms with E-state index in [0.29, 0.717) is 0 Å². The van der Waals surface area contributed by atoms with E-state index in [0.717, 1.165) is 0 Å². The molecule has 470 valence electrons. The standard InChI is InChI=1S/C35H44F28O15/c36-22(37,15-71-11-19(66)9-69-7-3-1-5-64)28(48,49)75-32(56,57)26(44,45)34(60,61)77-30(52,53)24(40,41)17-73-13-21(68)14-74-18-25(42,43)31(54,55)78-35(62,63)27(46,47)33(58,59)76-29(50,51)23(38,39)16-72-12-20(67)10-70-8-4-2-6-65/h19-21,64-68H,1-18H2. The Balaban J connectivity index is 5.59. The molecule has 15 nitrogen and oxygen atoms in total. The first-order valence-corrected chi connectivity index (χ1v) is 20.7. The summed E-state index contributed by atoms with van der Waals surface area (Å²) in [7, 11) is 0. The van der Waals surface area contributed by atoms with E-state index in [4.69, 9.17) is 19.7 Å². The first-order valence-electron chi connectivity index (χ1n) is 20.7. The summed E-state index contributed by atoms with van der Waals surface area (Å²) in [6, 6.07) is 0. The van der Waals surface area contributed by atoms with E-state index in [2.05, 4.69) is 18.9 Å². The molecule has 0 amide bonds. The molecule has 0 heterocycles. The number of unbranched alkanes of at least 4 members (excludes halogenated alkanes) is 2. The van der Waals surface area contributed by atoms with Crippen molar-refractivity contribution in [3.63, 3.8) is 0 Å². The highest BCUT2D eigenvalue weighted by Gasteiger charge is 2.83. The van der Waals surface area contributed by atoms with Gasteiger partial charge in [0, 0.05) is 26.4 Å². The first-order chi connectivity index (χ1) is 34.8. The second-order valence-electron chi connectivity index (χ2n) is 15.5. The van der Waals surface area contributed by atoms with Crippen LogP contribution in [0.5, 0.6) is 0 Å². The summed E-state index contributed by atoms with van der Waals surface area (Å²) < 4.78 is 422. The molecule has 0 aliphatic carbocycles. The third-order valence-electron chi connectivity index (χ3n) is 8.58. The molecule has 0 radical (unpaired) electrons. The van der Waals surface area contributed by atoms with Crippen molar-refractivity contribution < 1.29 is 196 Å². The van der Waals surface area contributed by atoms with E-state index in [1.54, 1.807) is 18.9 Å². The minimum atomic E-state index is -8.08. The maximum Gasteiger partial charge on any atom is 0.433 e. The number of ether oxygens (including phenoxy) is 10. The third kappa shape index (κ3) is 21.0. The van der Waals surface area contributed by atoms with Crippen molar-refractivity contribution >= 4 is 0 Å². The SMILES string of the molecule is OCCCCOCC(O)COCC(F)(F)C(F)(F)OC(F)(F)C(F)(F)C(F)(F)OC(F)(F)C(F)(F)COCC(O)COCC(F)(F)C(F)(F)OC(F)(F)C(F)(F)C(F)(F)OC(F)(F)C(F)(F)COCC(O)COCCCCO. The van der Waals surface area contributed by atoms with Gasteiger partial charge in [-0.15, -0.1) is 0 Å². The van der Waals surface area contributed by atoms with Crippen LogP contribution in [0.2, 0.25) is 0 Å². The first kappa shape index (κ1) is 75.4. The number of aliphatic hydroxyl groups is 5. The molecule has 0 rings (SSSR count). The van der Waals surface area contributed by atoms with Crippen molar-refractivity contribution in [1.82, 2.24) is 0 Å². The smallest absolute Gasteiger partial charge is 0.396 e. The Bertz CT molecular complexity index is 1620. The number of hydrogen-bond donors (Lipinski definition) is 5. The lowest BCUT2D eigenvalue weighted by Gasteiger charge is -2.37. The van der Waals surface area contributed by atoms with E-state index in [9.17, 15) is 138 Å². The number of alkyl halides is 28. The van der Waals surface area contributed by atoms with Crippen LogP contribution >= 0.6 is 0 Å². The predicted molar refractivity (Wildman–Crippen MR) is 189 cm³/mol. The lowest BCUT2D eigenvalue weighted by atomic mass is 10.2. The molecule has 43 heteroatoms. The van der Waals surface area contributed by atoms with Gasteiger partial charge in [-0.25, -0.2) is 18.9 Å². The highest BCUT2D eigenvalue weighted by atomic mass is 19.4. The molecular weight excluding hydrogens is 1190 g/mol. The van der Waals surface area contributed by atoms with Gasteiger partial charge in [-0.1, -0.05) is 0 Å². The largest absolute Gasteiger partial charge is 0.433 e. The fraction of sp³-hybridized carbons (Fsp3) is 1.00. The quantitative estimate of drug-likeness (QED) is 0.0301. The lowest BCUT2D eigenvalue weighted by Crippen LogP contribution is -2.63. The average Bonchev–Trinajstić information content (AvgIpc) is 3.24. The molecule has 0 spiro atoms. The summed E-state index contributed by atoms with van der Waals surface area (Å²) in [5.41, 5.74) is 0. The summed E-state index contributed by atoms with van der Waals surface area (Å²) in [5.74, 6) is -41.9. The molecule has 0 saturated carbocycles. The Morgan fingerprint density at radius 2 is 0.436 bits per heavy atom. The number of aliphatic hydroxyl groups excluding tert-OH is 5. The zero-order chi connectivity index (χ0) is 61.5. The van der Waals surface area contributed by atoms with Crippen LogP contribution in [0.3, 0.4) is 0 Å². The maximum atomic E-state index is 14.0. The molecular formula is C35H44F28O15. The zero-order valence-corrected chi connectivity index (χ0v) is 38.4. The van der Waals surface area contributed by atoms with Gasteiger partial charge >= 0.3 is 84.4 Å². The molecule has 2 atom stereocenters. The molecule has 0 aromatic rings. The van der Waals surface area contributed by atoms with Crippen LogP contribution in [-0.4, -0.2) is 221 Å². The Morgan fingerprint density at radius 3 is 0.615 bits per heavy atom. The van der Waals surface area contributed by atoms with E-state index in [1.165, 1.54) is 0 Å². The lowest BCUT2D eigenvalue weighted by molar-refractivity contribution is -0.535. The van der Waals surface area contributed by atoms with Crippen molar-refractivity contribution in [2.45, 2.75) is 128 Å². The van der Waals surface area contributed by atoms with Crippen molar-refractivity contribution in [2.24, 2.45) is 0 Å². The number of rotatable bonds is 44. The van der Waals surface area contributed by atoms with Crippen LogP contribution in [0.1, 0.15) is 25.7 Å². The van der Waals surface area contributed by atoms with E-state index >= 15 is 0 Å². The van der Waals surface area contributed by atoms with Crippen molar-refractivity contribution in [2.75, 3.05) is 92.5 Å². The molecule has 0 bridgehead atoms. The summed E-state index contributed by atoms with van der Waals surface area (Å²) in [6.45, 7) is -22.1. The van der Waals surface area contributed by atoms with E-state index in [1.807, 2.05) is 0 Å². The highest BCUT2D eigenvalue weighted by Crippen LogP contribution is 2.55. The minimum Gasteiger partial charge on any atom is -0.396 e. The molecule has 0 saturated heterocycles. The summed E-state index contributed by atoms with van der Waals surface area (Å²) >= 11 is 0. The summed E-state index contributed by atoms with van der Waals surface area (Å²) in [4.78, 5) is 0. The number of hydrogen-bond acceptors (Lipinski definition) is 15. The van der Waals surface area contributed by atoms with Gasteiger partial charge in [0.05, 0.1) is 39.6 Å². The van der Waals surface area contributed by atoms with Crippen molar-refractivity contribution in [3.05, 3.63) is 0 Å². The molecule has 0 aliphatic heterocycles. The van der Waals surface area contributed by atoms with Gasteiger partial charge in [0.2, 0.25) is 0 Å². The minimum absolute atomic E-state index is 0.167. The van der Waals surface area contributed by atoms with Crippen LogP contribution in [0.4, 0.5) is 123 Å². The van der Waals surface area contributed by atoms with Gasteiger partial charge in [0.25, 0.3) is 0 Å². The zero-order valence-electron chi connectivity index (χ0n) is 38.4.